The van der Waals surface area contributed by atoms with Crippen LogP contribution in [0.1, 0.15) is 25.3 Å². The molecule has 6 heteroatoms. The lowest BCUT2D eigenvalue weighted by Crippen LogP contribution is -2.20. The van der Waals surface area contributed by atoms with E-state index in [4.69, 9.17) is 16.3 Å². The van der Waals surface area contributed by atoms with Gasteiger partial charge in [-0.2, -0.15) is 4.98 Å². The Bertz CT molecular complexity index is 663. The van der Waals surface area contributed by atoms with Gasteiger partial charge in [0.25, 0.3) is 0 Å². The van der Waals surface area contributed by atoms with Crippen LogP contribution in [0.15, 0.2) is 24.4 Å². The Balaban J connectivity index is 2.22. The lowest BCUT2D eigenvalue weighted by molar-refractivity contribution is 0.416. The number of nitrogens with one attached hydrogen (secondary N) is 1. The maximum atomic E-state index is 6.14. The van der Waals surface area contributed by atoms with Gasteiger partial charge in [0.2, 0.25) is 5.95 Å². The number of aromatic nitrogens is 2. The number of aryl methyl sites for hydroxylation is 1. The quantitative estimate of drug-likeness (QED) is 0.811. The van der Waals surface area contributed by atoms with Crippen LogP contribution in [0.4, 0.5) is 17.5 Å². The highest BCUT2D eigenvalue weighted by molar-refractivity contribution is 6.31. The summed E-state index contributed by atoms with van der Waals surface area (Å²) in [7, 11) is 3.65. The van der Waals surface area contributed by atoms with E-state index >= 15 is 0 Å². The third-order valence-electron chi connectivity index (χ3n) is 3.61. The van der Waals surface area contributed by atoms with Crippen molar-refractivity contribution in [1.29, 1.82) is 0 Å². The molecule has 1 heterocycles. The van der Waals surface area contributed by atoms with Gasteiger partial charge in [-0.15, -0.1) is 0 Å². The Morgan fingerprint density at radius 2 is 2.13 bits per heavy atom. The molecule has 0 saturated heterocycles. The highest BCUT2D eigenvalue weighted by atomic mass is 35.5. The Morgan fingerprint density at radius 3 is 2.83 bits per heavy atom. The van der Waals surface area contributed by atoms with Gasteiger partial charge in [0.1, 0.15) is 11.6 Å². The number of anilines is 3. The van der Waals surface area contributed by atoms with E-state index in [2.05, 4.69) is 27.1 Å². The third kappa shape index (κ3) is 4.48. The minimum atomic E-state index is 0.533. The number of methoxy groups -OCH3 is 1. The second-order valence-electron chi connectivity index (χ2n) is 5.44. The van der Waals surface area contributed by atoms with Crippen molar-refractivity contribution >= 4 is 29.1 Å². The summed E-state index contributed by atoms with van der Waals surface area (Å²) >= 11 is 6.14. The van der Waals surface area contributed by atoms with Crippen molar-refractivity contribution in [2.75, 3.05) is 30.9 Å². The molecule has 1 aromatic heterocycles. The van der Waals surface area contributed by atoms with Gasteiger partial charge in [0, 0.05) is 30.9 Å². The number of ether oxygens (including phenoxy) is 1. The van der Waals surface area contributed by atoms with Crippen LogP contribution in [0, 0.1) is 6.92 Å². The van der Waals surface area contributed by atoms with Gasteiger partial charge in [-0.05, 0) is 31.0 Å². The van der Waals surface area contributed by atoms with Gasteiger partial charge in [0.05, 0.1) is 12.8 Å². The van der Waals surface area contributed by atoms with Gasteiger partial charge < -0.3 is 15.0 Å². The number of hydrogen-bond acceptors (Lipinski definition) is 5. The van der Waals surface area contributed by atoms with Gasteiger partial charge >= 0.3 is 0 Å². The summed E-state index contributed by atoms with van der Waals surface area (Å²) < 4.78 is 5.37. The fourth-order valence-electron chi connectivity index (χ4n) is 2.18. The highest BCUT2D eigenvalue weighted by Gasteiger charge is 2.10. The normalized spacial score (nSPS) is 10.5. The van der Waals surface area contributed by atoms with Gasteiger partial charge in [-0.1, -0.05) is 24.9 Å². The first-order valence-corrected chi connectivity index (χ1v) is 8.08. The van der Waals surface area contributed by atoms with E-state index in [1.54, 1.807) is 19.4 Å². The van der Waals surface area contributed by atoms with E-state index in [-0.39, 0.29) is 0 Å². The average Bonchev–Trinajstić information content (AvgIpc) is 2.56. The summed E-state index contributed by atoms with van der Waals surface area (Å²) in [6, 6.07) is 5.62. The molecule has 124 valence electrons. The van der Waals surface area contributed by atoms with Crippen LogP contribution in [-0.2, 0) is 0 Å². The van der Waals surface area contributed by atoms with Gasteiger partial charge in [0.15, 0.2) is 0 Å². The van der Waals surface area contributed by atoms with Gasteiger partial charge in [-0.25, -0.2) is 4.98 Å². The Hall–Kier alpha value is -2.01. The summed E-state index contributed by atoms with van der Waals surface area (Å²) in [5.74, 6) is 2.08. The molecular formula is C17H23ClN4O. The van der Waals surface area contributed by atoms with E-state index < -0.39 is 0 Å². The second kappa shape index (κ2) is 8.02. The fraction of sp³-hybridized carbons (Fsp3) is 0.412. The van der Waals surface area contributed by atoms with Crippen LogP contribution >= 0.6 is 11.6 Å². The molecule has 0 spiro atoms. The van der Waals surface area contributed by atoms with E-state index in [1.165, 1.54) is 0 Å². The summed E-state index contributed by atoms with van der Waals surface area (Å²) in [5, 5.41) is 3.88. The molecule has 5 nitrogen and oxygen atoms in total. The standard InChI is InChI=1S/C17H23ClN4O/c1-5-6-9-22(3)16-7-8-19-17(21-16)20-14-10-12(2)13(18)11-15(14)23-4/h7-8,10-11H,5-6,9H2,1-4H3,(H,19,20,21). The molecule has 0 bridgehead atoms. The zero-order valence-electron chi connectivity index (χ0n) is 14.1. The summed E-state index contributed by atoms with van der Waals surface area (Å²) in [5.41, 5.74) is 1.76. The first-order valence-electron chi connectivity index (χ1n) is 7.70. The number of rotatable bonds is 7. The smallest absolute Gasteiger partial charge is 0.229 e. The molecule has 0 aliphatic rings. The zero-order chi connectivity index (χ0) is 16.8. The molecule has 0 aliphatic carbocycles. The molecule has 0 amide bonds. The van der Waals surface area contributed by atoms with Crippen molar-refractivity contribution in [2.45, 2.75) is 26.7 Å². The molecular weight excluding hydrogens is 312 g/mol. The number of hydrogen-bond donors (Lipinski definition) is 1. The van der Waals surface area contributed by atoms with Crippen LogP contribution in [0.5, 0.6) is 5.75 Å². The topological polar surface area (TPSA) is 50.3 Å². The predicted molar refractivity (Wildman–Crippen MR) is 96.2 cm³/mol. The first kappa shape index (κ1) is 17.3. The molecule has 1 aromatic carbocycles. The molecule has 0 fully saturated rings. The molecule has 2 rings (SSSR count). The Labute approximate surface area is 142 Å². The third-order valence-corrected chi connectivity index (χ3v) is 4.01. The van der Waals surface area contributed by atoms with E-state index in [1.807, 2.05) is 26.1 Å². The largest absolute Gasteiger partial charge is 0.495 e. The van der Waals surface area contributed by atoms with Crippen molar-refractivity contribution in [2.24, 2.45) is 0 Å². The van der Waals surface area contributed by atoms with Crippen LogP contribution < -0.4 is 15.0 Å². The Morgan fingerprint density at radius 1 is 1.35 bits per heavy atom. The monoisotopic (exact) mass is 334 g/mol. The summed E-state index contributed by atoms with van der Waals surface area (Å²) in [6.45, 7) is 5.09. The number of halogens is 1. The second-order valence-corrected chi connectivity index (χ2v) is 5.85. The van der Waals surface area contributed by atoms with Crippen LogP contribution in [-0.4, -0.2) is 30.7 Å². The molecule has 0 atom stereocenters. The minimum absolute atomic E-state index is 0.533. The maximum Gasteiger partial charge on any atom is 0.229 e. The lowest BCUT2D eigenvalue weighted by Gasteiger charge is -2.18. The number of nitrogens with zero attached hydrogens (tertiary/aromatic N) is 3. The zero-order valence-corrected chi connectivity index (χ0v) is 14.8. The van der Waals surface area contributed by atoms with E-state index in [0.29, 0.717) is 16.7 Å². The van der Waals surface area contributed by atoms with Crippen molar-refractivity contribution in [3.8, 4) is 5.75 Å². The van der Waals surface area contributed by atoms with Crippen LogP contribution in [0.25, 0.3) is 0 Å². The SMILES string of the molecule is CCCCN(C)c1ccnc(Nc2cc(C)c(Cl)cc2OC)n1. The molecule has 0 aliphatic heterocycles. The summed E-state index contributed by atoms with van der Waals surface area (Å²) in [4.78, 5) is 11.0. The van der Waals surface area contributed by atoms with E-state index in [9.17, 15) is 0 Å². The van der Waals surface area contributed by atoms with Crippen molar-refractivity contribution in [3.63, 3.8) is 0 Å². The van der Waals surface area contributed by atoms with Crippen LogP contribution in [0.3, 0.4) is 0 Å². The molecule has 23 heavy (non-hydrogen) atoms. The summed E-state index contributed by atoms with van der Waals surface area (Å²) in [6.07, 6.45) is 4.04. The van der Waals surface area contributed by atoms with Crippen molar-refractivity contribution < 1.29 is 4.74 Å². The maximum absolute atomic E-state index is 6.14. The predicted octanol–water partition coefficient (Wildman–Crippen LogP) is 4.43. The average molecular weight is 335 g/mol. The first-order chi connectivity index (χ1) is 11.0. The van der Waals surface area contributed by atoms with E-state index in [0.717, 1.165) is 36.5 Å². The molecule has 2 aromatic rings. The molecule has 1 N–H and O–H groups in total. The highest BCUT2D eigenvalue weighted by Crippen LogP contribution is 2.32. The lowest BCUT2D eigenvalue weighted by atomic mass is 10.2. The number of benzene rings is 1. The Kier molecular flexibility index (Phi) is 6.04. The van der Waals surface area contributed by atoms with Gasteiger partial charge in [-0.3, -0.25) is 0 Å². The molecule has 0 saturated carbocycles. The van der Waals surface area contributed by atoms with Crippen LogP contribution in [0.2, 0.25) is 5.02 Å². The van der Waals surface area contributed by atoms with Crippen molar-refractivity contribution in [1.82, 2.24) is 9.97 Å². The fourth-order valence-corrected chi connectivity index (χ4v) is 2.34. The number of unbranched alkanes of at least 4 members (excludes halogenated alkanes) is 1. The molecule has 0 radical (unpaired) electrons. The minimum Gasteiger partial charge on any atom is -0.495 e. The van der Waals surface area contributed by atoms with Crippen molar-refractivity contribution in [3.05, 3.63) is 35.0 Å². The molecule has 0 unspecified atom stereocenters.